The third-order valence-corrected chi connectivity index (χ3v) is 2.05. The van der Waals surface area contributed by atoms with Gasteiger partial charge in [-0.25, -0.2) is 0 Å². The maximum atomic E-state index is 5.11. The van der Waals surface area contributed by atoms with Crippen LogP contribution in [0.2, 0.25) is 0 Å². The summed E-state index contributed by atoms with van der Waals surface area (Å²) >= 11 is 5.11. The highest BCUT2D eigenvalue weighted by Gasteiger charge is 2.11. The topological polar surface area (TPSA) is 33.6 Å². The summed E-state index contributed by atoms with van der Waals surface area (Å²) in [7, 11) is 0. The smallest absolute Gasteiger partial charge is 0.195 e. The Hall–Kier alpha value is -0.640. The normalized spacial score (nSPS) is 11.5. The highest BCUT2D eigenvalue weighted by atomic mass is 32.1. The van der Waals surface area contributed by atoms with Crippen LogP contribution in [0, 0.1) is 4.77 Å². The molecule has 3 nitrogen and oxygen atoms in total. The van der Waals surface area contributed by atoms with Gasteiger partial charge >= 0.3 is 0 Å². The molecule has 0 aliphatic rings. The molecule has 0 aliphatic heterocycles. The summed E-state index contributed by atoms with van der Waals surface area (Å²) < 4.78 is 2.77. The molecule has 0 spiro atoms. The van der Waals surface area contributed by atoms with Crippen LogP contribution in [0.5, 0.6) is 0 Å². The van der Waals surface area contributed by atoms with Crippen molar-refractivity contribution in [2.75, 3.05) is 0 Å². The number of aromatic nitrogens is 3. The molecule has 68 valence electrons. The van der Waals surface area contributed by atoms with Crippen LogP contribution in [0.25, 0.3) is 0 Å². The predicted molar refractivity (Wildman–Crippen MR) is 51.9 cm³/mol. The van der Waals surface area contributed by atoms with E-state index in [1.54, 1.807) is 0 Å². The van der Waals surface area contributed by atoms with E-state index in [2.05, 4.69) is 42.5 Å². The second kappa shape index (κ2) is 3.39. The molecule has 0 atom stereocenters. The number of rotatable bonds is 2. The van der Waals surface area contributed by atoms with Crippen LogP contribution in [0.4, 0.5) is 0 Å². The summed E-state index contributed by atoms with van der Waals surface area (Å²) in [6.45, 7) is 8.45. The lowest BCUT2D eigenvalue weighted by Crippen LogP contribution is -2.07. The largest absolute Gasteiger partial charge is 0.301 e. The summed E-state index contributed by atoms with van der Waals surface area (Å²) in [6, 6.07) is 0.383. The number of nitrogens with zero attached hydrogens (tertiary/aromatic N) is 2. The molecule has 1 rings (SSSR count). The standard InChI is InChI=1S/C8H15N3S/c1-5(2)7-9-10-8(12)11(7)6(3)4/h5-6H,1-4H3,(H,10,12). The SMILES string of the molecule is CC(C)c1n[nH]c(=S)n1C(C)C. The molecule has 1 N–H and O–H groups in total. The van der Waals surface area contributed by atoms with E-state index in [1.165, 1.54) is 0 Å². The Bertz CT molecular complexity index is 308. The summed E-state index contributed by atoms with van der Waals surface area (Å²) in [5.41, 5.74) is 0. The van der Waals surface area contributed by atoms with Gasteiger partial charge in [-0.2, -0.15) is 5.10 Å². The highest BCUT2D eigenvalue weighted by molar-refractivity contribution is 7.71. The summed E-state index contributed by atoms with van der Waals surface area (Å²) in [5.74, 6) is 1.45. The molecule has 0 radical (unpaired) electrons. The summed E-state index contributed by atoms with van der Waals surface area (Å²) in [6.07, 6.45) is 0. The van der Waals surface area contributed by atoms with Gasteiger partial charge in [-0.1, -0.05) is 13.8 Å². The van der Waals surface area contributed by atoms with Crippen molar-refractivity contribution in [2.24, 2.45) is 0 Å². The lowest BCUT2D eigenvalue weighted by Gasteiger charge is -2.11. The molecule has 0 bridgehead atoms. The van der Waals surface area contributed by atoms with E-state index in [1.807, 2.05) is 0 Å². The van der Waals surface area contributed by atoms with Crippen LogP contribution in [-0.2, 0) is 0 Å². The molecule has 4 heteroatoms. The minimum atomic E-state index is 0.383. The van der Waals surface area contributed by atoms with Gasteiger partial charge in [0, 0.05) is 12.0 Å². The quantitative estimate of drug-likeness (QED) is 0.719. The molecule has 1 aromatic heterocycles. The lowest BCUT2D eigenvalue weighted by molar-refractivity contribution is 0.544. The van der Waals surface area contributed by atoms with E-state index in [4.69, 9.17) is 12.2 Å². The average Bonchev–Trinajstić information content (AvgIpc) is 2.30. The predicted octanol–water partition coefficient (Wildman–Crippen LogP) is 2.64. The maximum absolute atomic E-state index is 5.11. The van der Waals surface area contributed by atoms with Crippen molar-refractivity contribution in [3.63, 3.8) is 0 Å². The monoisotopic (exact) mass is 185 g/mol. The number of hydrogen-bond donors (Lipinski definition) is 1. The lowest BCUT2D eigenvalue weighted by atomic mass is 10.2. The first-order valence-corrected chi connectivity index (χ1v) is 4.61. The Labute approximate surface area is 77.8 Å². The van der Waals surface area contributed by atoms with Crippen LogP contribution < -0.4 is 0 Å². The van der Waals surface area contributed by atoms with E-state index in [9.17, 15) is 0 Å². The van der Waals surface area contributed by atoms with Crippen molar-refractivity contribution >= 4 is 12.2 Å². The average molecular weight is 185 g/mol. The van der Waals surface area contributed by atoms with Crippen LogP contribution in [0.1, 0.15) is 45.5 Å². The molecule has 0 saturated carbocycles. The second-order valence-electron chi connectivity index (χ2n) is 3.51. The fourth-order valence-electron chi connectivity index (χ4n) is 1.22. The first-order chi connectivity index (χ1) is 5.54. The van der Waals surface area contributed by atoms with Gasteiger partial charge in [-0.3, -0.25) is 5.10 Å². The number of H-pyrrole nitrogens is 1. The Morgan fingerprint density at radius 3 is 2.25 bits per heavy atom. The van der Waals surface area contributed by atoms with E-state index < -0.39 is 0 Å². The van der Waals surface area contributed by atoms with Crippen molar-refractivity contribution in [2.45, 2.75) is 39.7 Å². The van der Waals surface area contributed by atoms with Crippen molar-refractivity contribution in [3.05, 3.63) is 10.6 Å². The molecule has 12 heavy (non-hydrogen) atoms. The zero-order valence-electron chi connectivity index (χ0n) is 7.96. The van der Waals surface area contributed by atoms with Gasteiger partial charge in [0.05, 0.1) is 0 Å². The molecule has 0 amide bonds. The zero-order valence-corrected chi connectivity index (χ0v) is 8.77. The van der Waals surface area contributed by atoms with Crippen LogP contribution in [-0.4, -0.2) is 14.8 Å². The molecule has 0 unspecified atom stereocenters. The molecule has 1 aromatic rings. The molecule has 0 aromatic carbocycles. The van der Waals surface area contributed by atoms with Gasteiger partial charge in [0.25, 0.3) is 0 Å². The molecule has 0 fully saturated rings. The van der Waals surface area contributed by atoms with Crippen molar-refractivity contribution < 1.29 is 0 Å². The summed E-state index contributed by atoms with van der Waals surface area (Å²) in [5, 5.41) is 7.00. The Kier molecular flexibility index (Phi) is 2.67. The molecular weight excluding hydrogens is 170 g/mol. The van der Waals surface area contributed by atoms with Crippen LogP contribution in [0.3, 0.4) is 0 Å². The Morgan fingerprint density at radius 1 is 1.33 bits per heavy atom. The van der Waals surface area contributed by atoms with Crippen molar-refractivity contribution in [3.8, 4) is 0 Å². The number of hydrogen-bond acceptors (Lipinski definition) is 2. The molecule has 1 heterocycles. The van der Waals surface area contributed by atoms with E-state index in [0.29, 0.717) is 16.7 Å². The van der Waals surface area contributed by atoms with Crippen LogP contribution in [0.15, 0.2) is 0 Å². The first-order valence-electron chi connectivity index (χ1n) is 4.20. The Balaban J connectivity index is 3.22. The minimum Gasteiger partial charge on any atom is -0.301 e. The fourth-order valence-corrected chi connectivity index (χ4v) is 1.57. The van der Waals surface area contributed by atoms with Gasteiger partial charge in [-0.15, -0.1) is 0 Å². The molecule has 0 aliphatic carbocycles. The third-order valence-electron chi connectivity index (χ3n) is 1.76. The first kappa shape index (κ1) is 9.45. The van der Waals surface area contributed by atoms with Gasteiger partial charge in [0.2, 0.25) is 0 Å². The Morgan fingerprint density at radius 2 is 1.92 bits per heavy atom. The molecular formula is C8H15N3S. The highest BCUT2D eigenvalue weighted by Crippen LogP contribution is 2.16. The van der Waals surface area contributed by atoms with E-state index in [-0.39, 0.29) is 0 Å². The maximum Gasteiger partial charge on any atom is 0.195 e. The van der Waals surface area contributed by atoms with Gasteiger partial charge in [0.15, 0.2) is 4.77 Å². The molecule has 0 saturated heterocycles. The van der Waals surface area contributed by atoms with Crippen LogP contribution >= 0.6 is 12.2 Å². The number of aromatic amines is 1. The van der Waals surface area contributed by atoms with Crippen molar-refractivity contribution in [1.29, 1.82) is 0 Å². The van der Waals surface area contributed by atoms with Crippen molar-refractivity contribution in [1.82, 2.24) is 14.8 Å². The minimum absolute atomic E-state index is 0.383. The van der Waals surface area contributed by atoms with E-state index in [0.717, 1.165) is 5.82 Å². The number of nitrogens with one attached hydrogen (secondary N) is 1. The second-order valence-corrected chi connectivity index (χ2v) is 3.89. The van der Waals surface area contributed by atoms with E-state index >= 15 is 0 Å². The fraction of sp³-hybridized carbons (Fsp3) is 0.750. The third kappa shape index (κ3) is 1.58. The summed E-state index contributed by atoms with van der Waals surface area (Å²) in [4.78, 5) is 0. The van der Waals surface area contributed by atoms with Gasteiger partial charge in [-0.05, 0) is 26.1 Å². The van der Waals surface area contributed by atoms with Gasteiger partial charge < -0.3 is 4.57 Å². The zero-order chi connectivity index (χ0) is 9.30. The van der Waals surface area contributed by atoms with Gasteiger partial charge in [0.1, 0.15) is 5.82 Å².